The van der Waals surface area contributed by atoms with Crippen molar-refractivity contribution in [2.75, 3.05) is 18.2 Å². The number of amides is 2. The molecular formula is C22H21Cl2N5O3S. The van der Waals surface area contributed by atoms with Crippen molar-refractivity contribution in [3.05, 3.63) is 76.6 Å². The molecule has 0 aliphatic carbocycles. The lowest BCUT2D eigenvalue weighted by molar-refractivity contribution is -0.113. The Labute approximate surface area is 205 Å². The first-order chi connectivity index (χ1) is 15.9. The first-order valence-corrected chi connectivity index (χ1v) is 11.5. The van der Waals surface area contributed by atoms with Crippen molar-refractivity contribution in [2.45, 2.75) is 18.2 Å². The molecule has 33 heavy (non-hydrogen) atoms. The van der Waals surface area contributed by atoms with E-state index in [0.29, 0.717) is 44.6 Å². The fourth-order valence-electron chi connectivity index (χ4n) is 2.83. The standard InChI is InChI=1S/C22H21Cl2N5O3S/c1-3-8-29-19(12-25-21(31)14-4-6-18(32-2)7-5-14)27-28-22(29)33-13-20(30)26-17-10-15(23)9-16(24)11-17/h3-7,9-11H,1,8,12-13H2,2H3,(H,25,31)(H,26,30). The number of nitrogens with one attached hydrogen (secondary N) is 2. The number of hydrogen-bond acceptors (Lipinski definition) is 6. The van der Waals surface area contributed by atoms with Gasteiger partial charge in [0.2, 0.25) is 5.91 Å². The molecule has 0 fully saturated rings. The van der Waals surface area contributed by atoms with Crippen molar-refractivity contribution < 1.29 is 14.3 Å². The van der Waals surface area contributed by atoms with Crippen molar-refractivity contribution in [1.29, 1.82) is 0 Å². The van der Waals surface area contributed by atoms with Gasteiger partial charge in [-0.05, 0) is 42.5 Å². The van der Waals surface area contributed by atoms with Crippen molar-refractivity contribution in [3.8, 4) is 5.75 Å². The molecule has 3 aromatic rings. The molecule has 0 radical (unpaired) electrons. The number of ether oxygens (including phenoxy) is 1. The zero-order chi connectivity index (χ0) is 23.8. The second-order valence-corrected chi connectivity index (χ2v) is 8.52. The summed E-state index contributed by atoms with van der Waals surface area (Å²) in [5.41, 5.74) is 1.01. The molecule has 0 spiro atoms. The van der Waals surface area contributed by atoms with Crippen molar-refractivity contribution in [3.63, 3.8) is 0 Å². The van der Waals surface area contributed by atoms with Gasteiger partial charge < -0.3 is 19.9 Å². The lowest BCUT2D eigenvalue weighted by Gasteiger charge is -2.09. The molecule has 0 aliphatic heterocycles. The van der Waals surface area contributed by atoms with E-state index < -0.39 is 0 Å². The molecule has 3 rings (SSSR count). The van der Waals surface area contributed by atoms with Gasteiger partial charge in [0.05, 0.1) is 19.4 Å². The third-order valence-corrected chi connectivity index (χ3v) is 5.75. The highest BCUT2D eigenvalue weighted by molar-refractivity contribution is 7.99. The Balaban J connectivity index is 1.60. The van der Waals surface area contributed by atoms with E-state index >= 15 is 0 Å². The third kappa shape index (κ3) is 6.98. The fourth-order valence-corrected chi connectivity index (χ4v) is 4.12. The van der Waals surface area contributed by atoms with E-state index in [1.165, 1.54) is 11.8 Å². The molecule has 0 aliphatic rings. The maximum atomic E-state index is 12.4. The Kier molecular flexibility index (Phi) is 8.76. The number of carbonyl (C=O) groups is 2. The molecule has 2 N–H and O–H groups in total. The summed E-state index contributed by atoms with van der Waals surface area (Å²) < 4.78 is 6.89. The summed E-state index contributed by atoms with van der Waals surface area (Å²) in [5.74, 6) is 0.806. The highest BCUT2D eigenvalue weighted by Gasteiger charge is 2.15. The van der Waals surface area contributed by atoms with Crippen molar-refractivity contribution in [1.82, 2.24) is 20.1 Å². The monoisotopic (exact) mass is 505 g/mol. The van der Waals surface area contributed by atoms with Crippen molar-refractivity contribution in [2.24, 2.45) is 0 Å². The second-order valence-electron chi connectivity index (χ2n) is 6.70. The molecule has 172 valence electrons. The molecule has 0 bridgehead atoms. The molecule has 2 amide bonds. The molecular weight excluding hydrogens is 485 g/mol. The van der Waals surface area contributed by atoms with Gasteiger partial charge in [0.1, 0.15) is 5.75 Å². The van der Waals surface area contributed by atoms with Crippen molar-refractivity contribution >= 4 is 52.5 Å². The lowest BCUT2D eigenvalue weighted by Crippen LogP contribution is -2.24. The summed E-state index contributed by atoms with van der Waals surface area (Å²) in [7, 11) is 1.56. The van der Waals surface area contributed by atoms with E-state index in [4.69, 9.17) is 27.9 Å². The zero-order valence-electron chi connectivity index (χ0n) is 17.7. The Hall–Kier alpha value is -3.01. The number of carbonyl (C=O) groups excluding carboxylic acids is 2. The number of rotatable bonds is 10. The first-order valence-electron chi connectivity index (χ1n) is 9.73. The number of benzene rings is 2. The molecule has 0 saturated carbocycles. The van der Waals surface area contributed by atoms with Crippen LogP contribution < -0.4 is 15.4 Å². The van der Waals surface area contributed by atoms with Gasteiger partial charge in [-0.25, -0.2) is 0 Å². The van der Waals surface area contributed by atoms with Gasteiger partial charge in [0.25, 0.3) is 5.91 Å². The van der Waals surface area contributed by atoms with Crippen LogP contribution in [0.1, 0.15) is 16.2 Å². The van der Waals surface area contributed by atoms with Crippen LogP contribution in [0.5, 0.6) is 5.75 Å². The number of halogens is 2. The predicted molar refractivity (Wildman–Crippen MR) is 130 cm³/mol. The van der Waals surface area contributed by atoms with E-state index in [-0.39, 0.29) is 24.1 Å². The number of hydrogen-bond donors (Lipinski definition) is 2. The summed E-state index contributed by atoms with van der Waals surface area (Å²) in [6.45, 7) is 4.35. The Morgan fingerprint density at radius 2 is 1.85 bits per heavy atom. The predicted octanol–water partition coefficient (Wildman–Crippen LogP) is 4.44. The average Bonchev–Trinajstić information content (AvgIpc) is 3.17. The largest absolute Gasteiger partial charge is 0.497 e. The molecule has 8 nitrogen and oxygen atoms in total. The van der Waals surface area contributed by atoms with Crippen LogP contribution in [0.3, 0.4) is 0 Å². The summed E-state index contributed by atoms with van der Waals surface area (Å²) in [6.07, 6.45) is 1.69. The highest BCUT2D eigenvalue weighted by atomic mass is 35.5. The number of anilines is 1. The van der Waals surface area contributed by atoms with Crippen LogP contribution in [-0.2, 0) is 17.9 Å². The van der Waals surface area contributed by atoms with Crippen LogP contribution in [0, 0.1) is 0 Å². The van der Waals surface area contributed by atoms with Crippen LogP contribution >= 0.6 is 35.0 Å². The number of nitrogens with zero attached hydrogens (tertiary/aromatic N) is 3. The summed E-state index contributed by atoms with van der Waals surface area (Å²) in [6, 6.07) is 11.6. The van der Waals surface area contributed by atoms with Gasteiger partial charge in [0, 0.05) is 27.8 Å². The normalized spacial score (nSPS) is 10.5. The molecule has 2 aromatic carbocycles. The molecule has 0 saturated heterocycles. The topological polar surface area (TPSA) is 98.1 Å². The molecule has 0 atom stereocenters. The fraction of sp³-hybridized carbons (Fsp3) is 0.182. The van der Waals surface area contributed by atoms with Gasteiger partial charge in [0.15, 0.2) is 11.0 Å². The van der Waals surface area contributed by atoms with Crippen LogP contribution in [0.4, 0.5) is 5.69 Å². The highest BCUT2D eigenvalue weighted by Crippen LogP contribution is 2.23. The lowest BCUT2D eigenvalue weighted by atomic mass is 10.2. The van der Waals surface area contributed by atoms with E-state index in [0.717, 1.165) is 0 Å². The maximum Gasteiger partial charge on any atom is 0.251 e. The van der Waals surface area contributed by atoms with E-state index in [2.05, 4.69) is 27.4 Å². The van der Waals surface area contributed by atoms with Crippen LogP contribution in [0.2, 0.25) is 10.0 Å². The second kappa shape index (κ2) is 11.7. The average molecular weight is 506 g/mol. The first kappa shape index (κ1) is 24.6. The Morgan fingerprint density at radius 3 is 2.48 bits per heavy atom. The number of thioether (sulfide) groups is 1. The zero-order valence-corrected chi connectivity index (χ0v) is 20.0. The molecule has 0 unspecified atom stereocenters. The quantitative estimate of drug-likeness (QED) is 0.312. The number of methoxy groups -OCH3 is 1. The van der Waals surface area contributed by atoms with E-state index in [9.17, 15) is 9.59 Å². The summed E-state index contributed by atoms with van der Waals surface area (Å²) in [4.78, 5) is 24.8. The minimum atomic E-state index is -0.250. The Morgan fingerprint density at radius 1 is 1.15 bits per heavy atom. The van der Waals surface area contributed by atoms with Gasteiger partial charge in [-0.2, -0.15) is 0 Å². The van der Waals surface area contributed by atoms with Gasteiger partial charge in [-0.1, -0.05) is 41.0 Å². The number of aromatic nitrogens is 3. The molecule has 11 heteroatoms. The van der Waals surface area contributed by atoms with Gasteiger partial charge in [-0.15, -0.1) is 16.8 Å². The van der Waals surface area contributed by atoms with Crippen LogP contribution in [0.25, 0.3) is 0 Å². The molecule has 1 heterocycles. The number of allylic oxidation sites excluding steroid dienone is 1. The van der Waals surface area contributed by atoms with E-state index in [1.54, 1.807) is 60.2 Å². The summed E-state index contributed by atoms with van der Waals surface area (Å²) in [5, 5.41) is 15.3. The maximum absolute atomic E-state index is 12.4. The smallest absolute Gasteiger partial charge is 0.251 e. The summed E-state index contributed by atoms with van der Waals surface area (Å²) >= 11 is 13.1. The molecule has 1 aromatic heterocycles. The minimum absolute atomic E-state index is 0.0949. The SMILES string of the molecule is C=CCn1c(CNC(=O)c2ccc(OC)cc2)nnc1SCC(=O)Nc1cc(Cl)cc(Cl)c1. The van der Waals surface area contributed by atoms with E-state index in [1.807, 2.05) is 0 Å². The van der Waals surface area contributed by atoms with Gasteiger partial charge in [-0.3, -0.25) is 9.59 Å². The van der Waals surface area contributed by atoms with Crippen LogP contribution in [0.15, 0.2) is 60.3 Å². The van der Waals surface area contributed by atoms with Crippen LogP contribution in [-0.4, -0.2) is 39.4 Å². The van der Waals surface area contributed by atoms with Gasteiger partial charge >= 0.3 is 0 Å². The Bertz CT molecular complexity index is 1130. The third-order valence-electron chi connectivity index (χ3n) is 4.34. The minimum Gasteiger partial charge on any atom is -0.497 e.